The Kier molecular flexibility index (Phi) is 2.28. The Labute approximate surface area is 82.2 Å². The van der Waals surface area contributed by atoms with Gasteiger partial charge in [0.1, 0.15) is 5.82 Å². The van der Waals surface area contributed by atoms with Gasteiger partial charge in [-0.05, 0) is 25.1 Å². The maximum Gasteiger partial charge on any atom is 0.142 e. The Balaban J connectivity index is 2.48. The van der Waals surface area contributed by atoms with Gasteiger partial charge in [-0.25, -0.2) is 9.97 Å². The molecule has 0 radical (unpaired) electrons. The normalized spacial score (nSPS) is 10.4. The Bertz CT molecular complexity index is 420. The van der Waals surface area contributed by atoms with E-state index in [4.69, 9.17) is 5.73 Å². The van der Waals surface area contributed by atoms with Gasteiger partial charge in [0, 0.05) is 11.9 Å². The standard InChI is InChI=1S/C10H12N4/c1-7-5-9(8-3-2-4-12-8)14-10(6-11)13-7/h2-5,12H,6,11H2,1H3. The molecule has 2 aromatic heterocycles. The van der Waals surface area contributed by atoms with Crippen molar-refractivity contribution in [3.8, 4) is 11.4 Å². The van der Waals surface area contributed by atoms with Crippen LogP contribution in [0.15, 0.2) is 24.4 Å². The topological polar surface area (TPSA) is 67.6 Å². The highest BCUT2D eigenvalue weighted by molar-refractivity contribution is 5.54. The summed E-state index contributed by atoms with van der Waals surface area (Å²) in [5.41, 5.74) is 8.32. The summed E-state index contributed by atoms with van der Waals surface area (Å²) in [5, 5.41) is 0. The minimum absolute atomic E-state index is 0.370. The van der Waals surface area contributed by atoms with E-state index in [0.717, 1.165) is 17.1 Å². The maximum atomic E-state index is 5.51. The second-order valence-corrected chi connectivity index (χ2v) is 3.10. The number of hydrogen-bond donors (Lipinski definition) is 2. The van der Waals surface area contributed by atoms with Crippen molar-refractivity contribution in [2.45, 2.75) is 13.5 Å². The molecule has 0 bridgehead atoms. The molecule has 0 unspecified atom stereocenters. The third-order valence-corrected chi connectivity index (χ3v) is 1.96. The molecule has 4 heteroatoms. The Morgan fingerprint density at radius 1 is 1.43 bits per heavy atom. The number of hydrogen-bond acceptors (Lipinski definition) is 3. The van der Waals surface area contributed by atoms with Gasteiger partial charge in [0.25, 0.3) is 0 Å². The Hall–Kier alpha value is -1.68. The molecule has 0 aromatic carbocycles. The molecule has 0 saturated carbocycles. The first-order valence-electron chi connectivity index (χ1n) is 4.48. The fraction of sp³-hybridized carbons (Fsp3) is 0.200. The number of H-pyrrole nitrogens is 1. The molecule has 0 atom stereocenters. The van der Waals surface area contributed by atoms with Crippen LogP contribution in [0.25, 0.3) is 11.4 Å². The molecule has 4 nitrogen and oxygen atoms in total. The molecule has 2 rings (SSSR count). The van der Waals surface area contributed by atoms with Crippen LogP contribution in [-0.2, 0) is 6.54 Å². The highest BCUT2D eigenvalue weighted by atomic mass is 14.9. The van der Waals surface area contributed by atoms with Gasteiger partial charge < -0.3 is 10.7 Å². The SMILES string of the molecule is Cc1cc(-c2ccc[nH]2)nc(CN)n1. The quantitative estimate of drug-likeness (QED) is 0.745. The molecule has 3 N–H and O–H groups in total. The van der Waals surface area contributed by atoms with Crippen molar-refractivity contribution in [3.05, 3.63) is 35.9 Å². The van der Waals surface area contributed by atoms with Crippen molar-refractivity contribution in [3.63, 3.8) is 0 Å². The molecule has 2 heterocycles. The highest BCUT2D eigenvalue weighted by Crippen LogP contribution is 2.14. The van der Waals surface area contributed by atoms with Gasteiger partial charge in [-0.3, -0.25) is 0 Å². The minimum atomic E-state index is 0.370. The van der Waals surface area contributed by atoms with E-state index in [9.17, 15) is 0 Å². The zero-order valence-electron chi connectivity index (χ0n) is 7.99. The van der Waals surface area contributed by atoms with Crippen molar-refractivity contribution in [1.29, 1.82) is 0 Å². The number of aryl methyl sites for hydroxylation is 1. The number of aromatic nitrogens is 3. The number of nitrogens with two attached hydrogens (primary N) is 1. The summed E-state index contributed by atoms with van der Waals surface area (Å²) in [5.74, 6) is 0.676. The Morgan fingerprint density at radius 3 is 2.93 bits per heavy atom. The lowest BCUT2D eigenvalue weighted by Gasteiger charge is -2.02. The first kappa shape index (κ1) is 8.90. The molecule has 0 aliphatic heterocycles. The number of rotatable bonds is 2. The smallest absolute Gasteiger partial charge is 0.142 e. The van der Waals surface area contributed by atoms with Crippen molar-refractivity contribution >= 4 is 0 Å². The monoisotopic (exact) mass is 188 g/mol. The lowest BCUT2D eigenvalue weighted by atomic mass is 10.2. The van der Waals surface area contributed by atoms with Gasteiger partial charge in [0.05, 0.1) is 17.9 Å². The summed E-state index contributed by atoms with van der Waals surface area (Å²) >= 11 is 0. The van der Waals surface area contributed by atoms with Crippen LogP contribution in [0.3, 0.4) is 0 Å². The van der Waals surface area contributed by atoms with E-state index in [1.807, 2.05) is 31.3 Å². The highest BCUT2D eigenvalue weighted by Gasteiger charge is 2.03. The van der Waals surface area contributed by atoms with E-state index in [1.165, 1.54) is 0 Å². The van der Waals surface area contributed by atoms with Gasteiger partial charge in [-0.15, -0.1) is 0 Å². The number of nitrogens with zero attached hydrogens (tertiary/aromatic N) is 2. The fourth-order valence-electron chi connectivity index (χ4n) is 1.35. The first-order chi connectivity index (χ1) is 6.79. The van der Waals surface area contributed by atoms with Crippen LogP contribution in [0, 0.1) is 6.92 Å². The van der Waals surface area contributed by atoms with Crippen LogP contribution in [0.4, 0.5) is 0 Å². The van der Waals surface area contributed by atoms with Crippen LogP contribution >= 0.6 is 0 Å². The van der Waals surface area contributed by atoms with Crippen LogP contribution in [0.1, 0.15) is 11.5 Å². The van der Waals surface area contributed by atoms with E-state index >= 15 is 0 Å². The van der Waals surface area contributed by atoms with Crippen molar-refractivity contribution in [1.82, 2.24) is 15.0 Å². The predicted molar refractivity (Wildman–Crippen MR) is 54.4 cm³/mol. The summed E-state index contributed by atoms with van der Waals surface area (Å²) in [7, 11) is 0. The summed E-state index contributed by atoms with van der Waals surface area (Å²) in [6.45, 7) is 2.31. The maximum absolute atomic E-state index is 5.51. The van der Waals surface area contributed by atoms with E-state index in [2.05, 4.69) is 15.0 Å². The molecular formula is C10H12N4. The van der Waals surface area contributed by atoms with E-state index < -0.39 is 0 Å². The molecule has 14 heavy (non-hydrogen) atoms. The molecule has 0 spiro atoms. The van der Waals surface area contributed by atoms with E-state index in [1.54, 1.807) is 0 Å². The second kappa shape index (κ2) is 3.59. The molecule has 72 valence electrons. The lowest BCUT2D eigenvalue weighted by molar-refractivity contribution is 0.893. The summed E-state index contributed by atoms with van der Waals surface area (Å²) in [4.78, 5) is 11.6. The molecule has 0 aliphatic carbocycles. The van der Waals surface area contributed by atoms with Crippen molar-refractivity contribution < 1.29 is 0 Å². The van der Waals surface area contributed by atoms with Crippen LogP contribution < -0.4 is 5.73 Å². The molecule has 0 saturated heterocycles. The fourth-order valence-corrected chi connectivity index (χ4v) is 1.35. The van der Waals surface area contributed by atoms with Gasteiger partial charge >= 0.3 is 0 Å². The van der Waals surface area contributed by atoms with Gasteiger partial charge in [0.2, 0.25) is 0 Å². The van der Waals surface area contributed by atoms with Crippen molar-refractivity contribution in [2.24, 2.45) is 5.73 Å². The van der Waals surface area contributed by atoms with Gasteiger partial charge in [-0.1, -0.05) is 0 Å². The number of nitrogens with one attached hydrogen (secondary N) is 1. The molecule has 2 aromatic rings. The minimum Gasteiger partial charge on any atom is -0.360 e. The average Bonchev–Trinajstić information content (AvgIpc) is 2.69. The van der Waals surface area contributed by atoms with E-state index in [0.29, 0.717) is 12.4 Å². The largest absolute Gasteiger partial charge is 0.360 e. The van der Waals surface area contributed by atoms with Crippen LogP contribution in [0.5, 0.6) is 0 Å². The van der Waals surface area contributed by atoms with Gasteiger partial charge in [0.15, 0.2) is 0 Å². The second-order valence-electron chi connectivity index (χ2n) is 3.10. The zero-order valence-corrected chi connectivity index (χ0v) is 7.99. The summed E-state index contributed by atoms with van der Waals surface area (Å²) < 4.78 is 0. The average molecular weight is 188 g/mol. The lowest BCUT2D eigenvalue weighted by Crippen LogP contribution is -2.05. The molecule has 0 aliphatic rings. The first-order valence-corrected chi connectivity index (χ1v) is 4.48. The third-order valence-electron chi connectivity index (χ3n) is 1.96. The van der Waals surface area contributed by atoms with Crippen molar-refractivity contribution in [2.75, 3.05) is 0 Å². The van der Waals surface area contributed by atoms with Crippen LogP contribution in [0.2, 0.25) is 0 Å². The van der Waals surface area contributed by atoms with Gasteiger partial charge in [-0.2, -0.15) is 0 Å². The summed E-state index contributed by atoms with van der Waals surface area (Å²) in [6, 6.07) is 5.85. The van der Waals surface area contributed by atoms with Crippen LogP contribution in [-0.4, -0.2) is 15.0 Å². The Morgan fingerprint density at radius 2 is 2.29 bits per heavy atom. The van der Waals surface area contributed by atoms with E-state index in [-0.39, 0.29) is 0 Å². The number of aromatic amines is 1. The molecule has 0 amide bonds. The predicted octanol–water partition coefficient (Wildman–Crippen LogP) is 1.24. The molecule has 0 fully saturated rings. The summed E-state index contributed by atoms with van der Waals surface area (Å²) in [6.07, 6.45) is 1.87. The zero-order chi connectivity index (χ0) is 9.97. The third kappa shape index (κ3) is 1.65. The molecular weight excluding hydrogens is 176 g/mol.